The number of benzene rings is 2. The molecular weight excluding hydrogens is 492 g/mol. The highest BCUT2D eigenvalue weighted by atomic mass is 32.1. The molecule has 36 heavy (non-hydrogen) atoms. The quantitative estimate of drug-likeness (QED) is 0.352. The van der Waals surface area contributed by atoms with Crippen LogP contribution in [0.5, 0.6) is 5.75 Å². The van der Waals surface area contributed by atoms with Gasteiger partial charge >= 0.3 is 0 Å². The number of anilines is 1. The van der Waals surface area contributed by atoms with Crippen LogP contribution < -0.4 is 10.1 Å². The number of ether oxygens (including phenoxy) is 1. The van der Waals surface area contributed by atoms with Crippen molar-refractivity contribution in [2.24, 2.45) is 0 Å². The molecule has 186 valence electrons. The summed E-state index contributed by atoms with van der Waals surface area (Å²) in [6.45, 7) is 7.42. The van der Waals surface area contributed by atoms with E-state index >= 15 is 0 Å². The highest BCUT2D eigenvalue weighted by molar-refractivity contribution is 7.18. The van der Waals surface area contributed by atoms with Crippen LogP contribution >= 0.6 is 22.7 Å². The Morgan fingerprint density at radius 3 is 2.64 bits per heavy atom. The second-order valence-electron chi connectivity index (χ2n) is 9.13. The van der Waals surface area contributed by atoms with E-state index in [4.69, 9.17) is 4.74 Å². The van der Waals surface area contributed by atoms with Crippen molar-refractivity contribution in [3.63, 3.8) is 0 Å². The number of nitrogens with one attached hydrogen (secondary N) is 1. The van der Waals surface area contributed by atoms with Crippen LogP contribution in [-0.4, -0.2) is 46.4 Å². The summed E-state index contributed by atoms with van der Waals surface area (Å²) in [5.74, 6) is 0.741. The van der Waals surface area contributed by atoms with Gasteiger partial charge in [0.15, 0.2) is 6.61 Å². The molecule has 9 heteroatoms. The van der Waals surface area contributed by atoms with Crippen LogP contribution in [0.1, 0.15) is 50.4 Å². The average molecular weight is 521 g/mol. The summed E-state index contributed by atoms with van der Waals surface area (Å²) in [4.78, 5) is 36.4. The minimum atomic E-state index is -0.222. The predicted molar refractivity (Wildman–Crippen MR) is 144 cm³/mol. The smallest absolute Gasteiger partial charge is 0.275 e. The summed E-state index contributed by atoms with van der Waals surface area (Å²) in [6.07, 6.45) is 1.65. The van der Waals surface area contributed by atoms with Gasteiger partial charge in [-0.1, -0.05) is 6.07 Å². The van der Waals surface area contributed by atoms with Crippen molar-refractivity contribution < 1.29 is 14.3 Å². The molecule has 1 aliphatic rings. The number of fused-ring (bicyclic) bond motifs is 1. The average Bonchev–Trinajstić information content (AvgIpc) is 3.51. The third-order valence-corrected chi connectivity index (χ3v) is 8.50. The Hall–Kier alpha value is -3.30. The van der Waals surface area contributed by atoms with Gasteiger partial charge in [0.1, 0.15) is 11.4 Å². The molecule has 3 heterocycles. The van der Waals surface area contributed by atoms with Crippen molar-refractivity contribution in [3.8, 4) is 5.75 Å². The molecule has 5 rings (SSSR count). The third-order valence-electron chi connectivity index (χ3n) is 6.54. The molecule has 0 saturated carbocycles. The molecule has 0 radical (unpaired) electrons. The van der Waals surface area contributed by atoms with Crippen molar-refractivity contribution in [3.05, 3.63) is 68.6 Å². The minimum Gasteiger partial charge on any atom is -0.484 e. The van der Waals surface area contributed by atoms with Gasteiger partial charge in [0.2, 0.25) is 0 Å². The van der Waals surface area contributed by atoms with E-state index in [0.717, 1.165) is 44.4 Å². The van der Waals surface area contributed by atoms with Gasteiger partial charge in [0.05, 0.1) is 20.2 Å². The van der Waals surface area contributed by atoms with E-state index in [-0.39, 0.29) is 24.3 Å². The number of piperidine rings is 1. The van der Waals surface area contributed by atoms with Gasteiger partial charge in [0.25, 0.3) is 11.8 Å². The van der Waals surface area contributed by atoms with E-state index in [9.17, 15) is 9.59 Å². The molecule has 1 fully saturated rings. The van der Waals surface area contributed by atoms with Crippen LogP contribution in [0.4, 0.5) is 5.69 Å². The van der Waals surface area contributed by atoms with Gasteiger partial charge in [-0.25, -0.2) is 9.97 Å². The van der Waals surface area contributed by atoms with Crippen molar-refractivity contribution in [2.75, 3.05) is 25.0 Å². The Morgan fingerprint density at radius 1 is 1.06 bits per heavy atom. The first-order valence-corrected chi connectivity index (χ1v) is 13.7. The SMILES string of the molecule is Cc1nc2cc(NC(=O)c3csc(C4CCN(C(=O)COc5ccc(C)c(C)c5)CC4)n3)ccc2s1. The molecule has 2 aromatic carbocycles. The third kappa shape index (κ3) is 5.42. The summed E-state index contributed by atoms with van der Waals surface area (Å²) >= 11 is 3.14. The van der Waals surface area contributed by atoms with E-state index in [1.807, 2.05) is 60.5 Å². The lowest BCUT2D eigenvalue weighted by atomic mass is 9.97. The molecule has 1 N–H and O–H groups in total. The van der Waals surface area contributed by atoms with Gasteiger partial charge in [0, 0.05) is 30.1 Å². The molecule has 1 aliphatic heterocycles. The molecule has 2 aromatic heterocycles. The summed E-state index contributed by atoms with van der Waals surface area (Å²) in [5, 5.41) is 6.69. The molecule has 7 nitrogen and oxygen atoms in total. The van der Waals surface area contributed by atoms with E-state index in [2.05, 4.69) is 22.2 Å². The number of aromatic nitrogens is 2. The Balaban J connectivity index is 1.13. The van der Waals surface area contributed by atoms with Crippen LogP contribution in [0.3, 0.4) is 0 Å². The number of aryl methyl sites for hydroxylation is 3. The number of carbonyl (C=O) groups is 2. The largest absolute Gasteiger partial charge is 0.484 e. The zero-order valence-corrected chi connectivity index (χ0v) is 22.2. The molecule has 4 aromatic rings. The lowest BCUT2D eigenvalue weighted by molar-refractivity contribution is -0.134. The number of amides is 2. The first-order chi connectivity index (χ1) is 17.4. The number of thiazole rings is 2. The zero-order chi connectivity index (χ0) is 25.2. The van der Waals surface area contributed by atoms with Crippen LogP contribution in [0, 0.1) is 20.8 Å². The topological polar surface area (TPSA) is 84.4 Å². The molecule has 0 atom stereocenters. The Morgan fingerprint density at radius 2 is 1.86 bits per heavy atom. The Labute approximate surface area is 218 Å². The standard InChI is InChI=1S/C27H28N4O3S2/c1-16-4-6-21(12-17(16)2)34-14-25(32)31-10-8-19(9-11-31)27-30-23(15-35-27)26(33)29-20-5-7-24-22(13-20)28-18(3)36-24/h4-7,12-13,15,19H,8-11,14H2,1-3H3,(H,29,33). The maximum Gasteiger partial charge on any atom is 0.275 e. The van der Waals surface area contributed by atoms with E-state index in [1.165, 1.54) is 16.9 Å². The summed E-state index contributed by atoms with van der Waals surface area (Å²) in [7, 11) is 0. The first-order valence-electron chi connectivity index (χ1n) is 12.0. The number of carbonyl (C=O) groups excluding carboxylic acids is 2. The van der Waals surface area contributed by atoms with Crippen molar-refractivity contribution >= 4 is 50.4 Å². The Bertz CT molecular complexity index is 1420. The molecule has 0 aliphatic carbocycles. The summed E-state index contributed by atoms with van der Waals surface area (Å²) in [6, 6.07) is 11.6. The Kier molecular flexibility index (Phi) is 7.02. The summed E-state index contributed by atoms with van der Waals surface area (Å²) in [5.41, 5.74) is 4.36. The maximum atomic E-state index is 12.8. The minimum absolute atomic E-state index is 0.00171. The lowest BCUT2D eigenvalue weighted by Gasteiger charge is -2.31. The van der Waals surface area contributed by atoms with Crippen LogP contribution in [0.25, 0.3) is 10.2 Å². The van der Waals surface area contributed by atoms with Crippen molar-refractivity contribution in [1.82, 2.24) is 14.9 Å². The lowest BCUT2D eigenvalue weighted by Crippen LogP contribution is -2.40. The zero-order valence-electron chi connectivity index (χ0n) is 20.5. The highest BCUT2D eigenvalue weighted by Crippen LogP contribution is 2.31. The van der Waals surface area contributed by atoms with Crippen molar-refractivity contribution in [2.45, 2.75) is 39.5 Å². The number of hydrogen-bond donors (Lipinski definition) is 1. The molecule has 0 bridgehead atoms. The van der Waals surface area contributed by atoms with Gasteiger partial charge in [-0.3, -0.25) is 9.59 Å². The van der Waals surface area contributed by atoms with Gasteiger partial charge < -0.3 is 15.0 Å². The number of likely N-dealkylation sites (tertiary alicyclic amines) is 1. The van der Waals surface area contributed by atoms with Crippen LogP contribution in [0.2, 0.25) is 0 Å². The molecule has 0 unspecified atom stereocenters. The first kappa shape index (κ1) is 24.4. The van der Waals surface area contributed by atoms with Gasteiger partial charge in [-0.15, -0.1) is 22.7 Å². The second kappa shape index (κ2) is 10.4. The highest BCUT2D eigenvalue weighted by Gasteiger charge is 2.26. The molecule has 0 spiro atoms. The normalized spacial score (nSPS) is 14.2. The number of hydrogen-bond acceptors (Lipinski definition) is 7. The van der Waals surface area contributed by atoms with E-state index < -0.39 is 0 Å². The number of rotatable bonds is 6. The fraction of sp³-hybridized carbons (Fsp3) is 0.333. The number of nitrogens with zero attached hydrogens (tertiary/aromatic N) is 3. The van der Waals surface area contributed by atoms with E-state index in [1.54, 1.807) is 11.3 Å². The fourth-order valence-corrected chi connectivity index (χ4v) is 6.09. The molecular formula is C27H28N4O3S2. The van der Waals surface area contributed by atoms with Gasteiger partial charge in [-0.05, 0) is 75.1 Å². The van der Waals surface area contributed by atoms with Crippen molar-refractivity contribution in [1.29, 1.82) is 0 Å². The maximum absolute atomic E-state index is 12.8. The van der Waals surface area contributed by atoms with E-state index in [0.29, 0.717) is 24.5 Å². The van der Waals surface area contributed by atoms with Crippen LogP contribution in [0.15, 0.2) is 41.8 Å². The monoisotopic (exact) mass is 520 g/mol. The molecule has 2 amide bonds. The van der Waals surface area contributed by atoms with Crippen LogP contribution in [-0.2, 0) is 4.79 Å². The molecule has 1 saturated heterocycles. The fourth-order valence-electron chi connectivity index (χ4n) is 4.31. The predicted octanol–water partition coefficient (Wildman–Crippen LogP) is 5.72. The second-order valence-corrected chi connectivity index (χ2v) is 11.3. The summed E-state index contributed by atoms with van der Waals surface area (Å²) < 4.78 is 6.82. The van der Waals surface area contributed by atoms with Gasteiger partial charge in [-0.2, -0.15) is 0 Å².